The number of hydrogen-bond donors (Lipinski definition) is 2. The number of benzene rings is 3. The summed E-state index contributed by atoms with van der Waals surface area (Å²) in [7, 11) is 0. The van der Waals surface area contributed by atoms with Gasteiger partial charge in [-0.15, -0.1) is 0 Å². The van der Waals surface area contributed by atoms with E-state index in [9.17, 15) is 9.90 Å². The van der Waals surface area contributed by atoms with E-state index >= 15 is 0 Å². The molecule has 0 saturated carbocycles. The highest BCUT2D eigenvalue weighted by molar-refractivity contribution is 5.94. The molecule has 0 atom stereocenters. The summed E-state index contributed by atoms with van der Waals surface area (Å²) in [5.74, 6) is 0.278. The van der Waals surface area contributed by atoms with E-state index in [1.54, 1.807) is 6.07 Å². The number of phenolic OH excluding ortho intramolecular Hbond substituents is 1. The second-order valence-corrected chi connectivity index (χ2v) is 5.90. The normalized spacial score (nSPS) is 10.9. The molecule has 0 bridgehead atoms. The zero-order valence-electron chi connectivity index (χ0n) is 14.4. The van der Waals surface area contributed by atoms with Crippen LogP contribution in [0.2, 0.25) is 0 Å². The highest BCUT2D eigenvalue weighted by atomic mass is 16.5. The van der Waals surface area contributed by atoms with Crippen LogP contribution >= 0.6 is 0 Å². The highest BCUT2D eigenvalue weighted by Crippen LogP contribution is 2.28. The van der Waals surface area contributed by atoms with E-state index in [1.165, 1.54) is 0 Å². The predicted molar refractivity (Wildman–Crippen MR) is 104 cm³/mol. The van der Waals surface area contributed by atoms with Gasteiger partial charge in [0, 0.05) is 11.9 Å². The summed E-state index contributed by atoms with van der Waals surface area (Å²) in [6, 6.07) is 20.9. The van der Waals surface area contributed by atoms with Gasteiger partial charge in [-0.3, -0.25) is 0 Å². The fourth-order valence-corrected chi connectivity index (χ4v) is 2.69. The van der Waals surface area contributed by atoms with Crippen molar-refractivity contribution in [1.29, 1.82) is 0 Å². The third-order valence-corrected chi connectivity index (χ3v) is 4.03. The van der Waals surface area contributed by atoms with Gasteiger partial charge in [0.2, 0.25) is 0 Å². The van der Waals surface area contributed by atoms with E-state index in [0.717, 1.165) is 21.9 Å². The van der Waals surface area contributed by atoms with Crippen molar-refractivity contribution in [1.82, 2.24) is 5.32 Å². The van der Waals surface area contributed by atoms with Crippen LogP contribution in [0.25, 0.3) is 16.8 Å². The van der Waals surface area contributed by atoms with E-state index in [0.29, 0.717) is 13.0 Å². The van der Waals surface area contributed by atoms with Crippen LogP contribution in [0.4, 0.5) is 4.79 Å². The molecule has 3 rings (SSSR count). The monoisotopic (exact) mass is 347 g/mol. The zero-order chi connectivity index (χ0) is 18.2. The van der Waals surface area contributed by atoms with Crippen molar-refractivity contribution in [2.45, 2.75) is 13.0 Å². The molecule has 2 N–H and O–H groups in total. The number of phenols is 1. The van der Waals surface area contributed by atoms with Gasteiger partial charge >= 0.3 is 6.09 Å². The molecule has 0 heterocycles. The Hall–Kier alpha value is -3.27. The molecule has 0 radical (unpaired) electrons. The molecular formula is C22H21NO3. The van der Waals surface area contributed by atoms with Crippen LogP contribution in [-0.2, 0) is 11.3 Å². The quantitative estimate of drug-likeness (QED) is 0.625. The average Bonchev–Trinajstić information content (AvgIpc) is 2.69. The second kappa shape index (κ2) is 8.72. The molecule has 3 aromatic carbocycles. The van der Waals surface area contributed by atoms with Gasteiger partial charge in [0.25, 0.3) is 0 Å². The Morgan fingerprint density at radius 2 is 1.69 bits per heavy atom. The van der Waals surface area contributed by atoms with E-state index < -0.39 is 6.09 Å². The first-order chi connectivity index (χ1) is 12.7. The minimum absolute atomic E-state index is 0.266. The third-order valence-electron chi connectivity index (χ3n) is 4.03. The molecule has 4 heteroatoms. The lowest BCUT2D eigenvalue weighted by Gasteiger charge is -2.06. The summed E-state index contributed by atoms with van der Waals surface area (Å²) in [5.41, 5.74) is 1.99. The Morgan fingerprint density at radius 1 is 0.962 bits per heavy atom. The van der Waals surface area contributed by atoms with Gasteiger partial charge in [0.15, 0.2) is 0 Å². The minimum atomic E-state index is -0.419. The van der Waals surface area contributed by atoms with Crippen molar-refractivity contribution >= 4 is 22.9 Å². The lowest BCUT2D eigenvalue weighted by atomic mass is 10.0. The van der Waals surface area contributed by atoms with Crippen molar-refractivity contribution in [3.05, 3.63) is 83.9 Å². The summed E-state index contributed by atoms with van der Waals surface area (Å²) in [5, 5.41) is 14.5. The number of hydrogen-bond acceptors (Lipinski definition) is 3. The summed E-state index contributed by atoms with van der Waals surface area (Å²) < 4.78 is 5.16. The molecule has 26 heavy (non-hydrogen) atoms. The molecule has 0 saturated heterocycles. The number of carbonyl (C=O) groups is 1. The van der Waals surface area contributed by atoms with E-state index in [1.807, 2.05) is 72.8 Å². The van der Waals surface area contributed by atoms with E-state index in [4.69, 9.17) is 4.74 Å². The lowest BCUT2D eigenvalue weighted by molar-refractivity contribution is 0.140. The molecule has 0 fully saturated rings. The summed E-state index contributed by atoms with van der Waals surface area (Å²) >= 11 is 0. The Bertz CT molecular complexity index is 904. The van der Waals surface area contributed by atoms with Gasteiger partial charge in [-0.2, -0.15) is 0 Å². The summed E-state index contributed by atoms with van der Waals surface area (Å²) in [6.45, 7) is 0.766. The van der Waals surface area contributed by atoms with Crippen LogP contribution in [0.15, 0.2) is 72.8 Å². The van der Waals surface area contributed by atoms with Crippen molar-refractivity contribution in [3.63, 3.8) is 0 Å². The molecule has 0 aromatic heterocycles. The number of carbonyl (C=O) groups excluding carboxylic acids is 1. The number of nitrogens with one attached hydrogen (secondary N) is 1. The molecule has 4 nitrogen and oxygen atoms in total. The first-order valence-electron chi connectivity index (χ1n) is 8.56. The maximum atomic E-state index is 11.7. The first-order valence-corrected chi connectivity index (χ1v) is 8.56. The van der Waals surface area contributed by atoms with E-state index in [-0.39, 0.29) is 12.4 Å². The van der Waals surface area contributed by atoms with Gasteiger partial charge < -0.3 is 15.2 Å². The smallest absolute Gasteiger partial charge is 0.407 e. The first kappa shape index (κ1) is 17.5. The number of aromatic hydroxyl groups is 1. The summed E-state index contributed by atoms with van der Waals surface area (Å²) in [4.78, 5) is 11.7. The topological polar surface area (TPSA) is 58.6 Å². The lowest BCUT2D eigenvalue weighted by Crippen LogP contribution is -2.24. The Kier molecular flexibility index (Phi) is 5.88. The molecule has 0 aliphatic carbocycles. The molecule has 0 aliphatic rings. The van der Waals surface area contributed by atoms with Crippen LogP contribution in [0.3, 0.4) is 0 Å². The SMILES string of the molecule is O=C(NCCC=Cc1ccc(O)c2ccccc12)OCc1ccccc1. The fraction of sp³-hybridized carbons (Fsp3) is 0.136. The summed E-state index contributed by atoms with van der Waals surface area (Å²) in [6.07, 6.45) is 4.27. The Labute approximate surface area is 152 Å². The van der Waals surface area contributed by atoms with Crippen LogP contribution in [0.1, 0.15) is 17.5 Å². The fourth-order valence-electron chi connectivity index (χ4n) is 2.69. The highest BCUT2D eigenvalue weighted by Gasteiger charge is 2.03. The van der Waals surface area contributed by atoms with Crippen molar-refractivity contribution in [2.75, 3.05) is 6.54 Å². The third kappa shape index (κ3) is 4.63. The van der Waals surface area contributed by atoms with Gasteiger partial charge in [-0.1, -0.05) is 72.8 Å². The molecule has 0 unspecified atom stereocenters. The standard InChI is InChI=1S/C22H21NO3/c24-21-14-13-18(19-11-4-5-12-20(19)21)10-6-7-15-23-22(25)26-16-17-8-2-1-3-9-17/h1-6,8-14,24H,7,15-16H2,(H,23,25). The molecule has 1 amide bonds. The van der Waals surface area contributed by atoms with Crippen LogP contribution in [0, 0.1) is 0 Å². The van der Waals surface area contributed by atoms with Gasteiger partial charge in [0.05, 0.1) is 0 Å². The van der Waals surface area contributed by atoms with Gasteiger partial charge in [0.1, 0.15) is 12.4 Å². The number of amides is 1. The van der Waals surface area contributed by atoms with Gasteiger partial charge in [-0.05, 0) is 29.0 Å². The number of alkyl carbamates (subject to hydrolysis) is 1. The van der Waals surface area contributed by atoms with Crippen LogP contribution in [-0.4, -0.2) is 17.7 Å². The number of ether oxygens (including phenoxy) is 1. The minimum Gasteiger partial charge on any atom is -0.507 e. The van der Waals surface area contributed by atoms with Crippen molar-refractivity contribution in [2.24, 2.45) is 0 Å². The van der Waals surface area contributed by atoms with E-state index in [2.05, 4.69) is 5.32 Å². The molecule has 3 aromatic rings. The molecule has 0 spiro atoms. The Morgan fingerprint density at radius 3 is 2.50 bits per heavy atom. The number of fused-ring (bicyclic) bond motifs is 1. The van der Waals surface area contributed by atoms with Gasteiger partial charge in [-0.25, -0.2) is 4.79 Å². The average molecular weight is 347 g/mol. The number of rotatable bonds is 6. The Balaban J connectivity index is 1.46. The molecular weight excluding hydrogens is 326 g/mol. The molecule has 132 valence electrons. The van der Waals surface area contributed by atoms with Crippen molar-refractivity contribution < 1.29 is 14.6 Å². The zero-order valence-corrected chi connectivity index (χ0v) is 14.4. The van der Waals surface area contributed by atoms with Crippen molar-refractivity contribution in [3.8, 4) is 5.75 Å². The molecule has 0 aliphatic heterocycles. The maximum absolute atomic E-state index is 11.7. The van der Waals surface area contributed by atoms with Crippen LogP contribution in [0.5, 0.6) is 5.75 Å². The maximum Gasteiger partial charge on any atom is 0.407 e. The predicted octanol–water partition coefficient (Wildman–Crippen LogP) is 4.88. The second-order valence-electron chi connectivity index (χ2n) is 5.90. The van der Waals surface area contributed by atoms with Crippen LogP contribution < -0.4 is 5.32 Å². The largest absolute Gasteiger partial charge is 0.507 e.